The van der Waals surface area contributed by atoms with E-state index < -0.39 is 5.97 Å². The molecule has 0 saturated heterocycles. The van der Waals surface area contributed by atoms with Gasteiger partial charge in [-0.25, -0.2) is 13.6 Å². The average molecular weight is 442 g/mol. The Labute approximate surface area is 184 Å². The standard InChI is InChI=1S/C12H14FNO2.C12H10FNO2/c2*1-7-5-8(13)6-10-9(12(15)16-2)3-4-14-11(7)10/h5-6,9,14H,3-4H2,1-2H3;3-6H,1-2H3. The summed E-state index contributed by atoms with van der Waals surface area (Å²) in [5.74, 6) is -1.84. The third kappa shape index (κ3) is 4.69. The number of carbonyl (C=O) groups excluding carboxylic acids is 2. The maximum atomic E-state index is 13.3. The molecule has 1 aromatic heterocycles. The van der Waals surface area contributed by atoms with Crippen LogP contribution in [0.3, 0.4) is 0 Å². The number of halogens is 2. The summed E-state index contributed by atoms with van der Waals surface area (Å²) in [7, 11) is 2.65. The van der Waals surface area contributed by atoms with E-state index in [1.165, 1.54) is 50.7 Å². The largest absolute Gasteiger partial charge is 0.469 e. The van der Waals surface area contributed by atoms with Gasteiger partial charge in [0, 0.05) is 23.8 Å². The Hall–Kier alpha value is -3.55. The number of aryl methyl sites for hydroxylation is 2. The van der Waals surface area contributed by atoms with Crippen LogP contribution in [0, 0.1) is 25.5 Å². The summed E-state index contributed by atoms with van der Waals surface area (Å²) >= 11 is 0. The number of benzene rings is 2. The molecule has 0 bridgehead atoms. The van der Waals surface area contributed by atoms with Crippen LogP contribution in [0.25, 0.3) is 10.9 Å². The highest BCUT2D eigenvalue weighted by molar-refractivity contribution is 6.03. The Balaban J connectivity index is 0.000000181. The van der Waals surface area contributed by atoms with E-state index in [2.05, 4.69) is 15.0 Å². The third-order valence-electron chi connectivity index (χ3n) is 5.33. The van der Waals surface area contributed by atoms with Crippen LogP contribution in [0.5, 0.6) is 0 Å². The second-order valence-electron chi connectivity index (χ2n) is 7.45. The first kappa shape index (κ1) is 23.1. The van der Waals surface area contributed by atoms with Crippen LogP contribution in [0.2, 0.25) is 0 Å². The van der Waals surface area contributed by atoms with Crippen molar-refractivity contribution in [1.29, 1.82) is 0 Å². The predicted octanol–water partition coefficient (Wildman–Crippen LogP) is 4.68. The molecule has 1 atom stereocenters. The lowest BCUT2D eigenvalue weighted by Gasteiger charge is -2.26. The molecule has 4 rings (SSSR count). The van der Waals surface area contributed by atoms with Crippen molar-refractivity contribution in [2.75, 3.05) is 26.1 Å². The normalized spacial score (nSPS) is 14.5. The number of methoxy groups -OCH3 is 2. The van der Waals surface area contributed by atoms with Gasteiger partial charge < -0.3 is 14.8 Å². The zero-order valence-corrected chi connectivity index (χ0v) is 18.3. The maximum Gasteiger partial charge on any atom is 0.338 e. The molecule has 1 unspecified atom stereocenters. The minimum absolute atomic E-state index is 0.298. The fraction of sp³-hybridized carbons (Fsp3) is 0.292. The summed E-state index contributed by atoms with van der Waals surface area (Å²) in [5, 5.41) is 3.67. The Morgan fingerprint density at radius 1 is 1.03 bits per heavy atom. The molecule has 0 radical (unpaired) electrons. The van der Waals surface area contributed by atoms with Crippen molar-refractivity contribution in [3.63, 3.8) is 0 Å². The molecule has 2 aromatic carbocycles. The number of nitrogens with zero attached hydrogens (tertiary/aromatic N) is 1. The van der Waals surface area contributed by atoms with Crippen LogP contribution >= 0.6 is 0 Å². The van der Waals surface area contributed by atoms with Gasteiger partial charge in [-0.05, 0) is 67.3 Å². The van der Waals surface area contributed by atoms with Gasteiger partial charge in [-0.3, -0.25) is 9.78 Å². The number of anilines is 1. The Bertz CT molecular complexity index is 1180. The van der Waals surface area contributed by atoms with Crippen LogP contribution in [-0.4, -0.2) is 37.7 Å². The molecule has 1 N–H and O–H groups in total. The number of pyridine rings is 1. The van der Waals surface area contributed by atoms with Crippen LogP contribution in [0.4, 0.5) is 14.5 Å². The maximum absolute atomic E-state index is 13.3. The number of hydrogen-bond acceptors (Lipinski definition) is 6. The lowest BCUT2D eigenvalue weighted by molar-refractivity contribution is -0.142. The fourth-order valence-corrected chi connectivity index (χ4v) is 3.85. The molecule has 168 valence electrons. The van der Waals surface area contributed by atoms with Gasteiger partial charge in [-0.1, -0.05) is 0 Å². The first-order chi connectivity index (χ1) is 15.3. The van der Waals surface area contributed by atoms with Gasteiger partial charge in [0.1, 0.15) is 11.6 Å². The molecule has 8 heteroatoms. The van der Waals surface area contributed by atoms with Crippen LogP contribution in [-0.2, 0) is 14.3 Å². The van der Waals surface area contributed by atoms with Crippen molar-refractivity contribution in [2.24, 2.45) is 0 Å². The van der Waals surface area contributed by atoms with E-state index in [4.69, 9.17) is 4.74 Å². The van der Waals surface area contributed by atoms with Crippen LogP contribution in [0.1, 0.15) is 39.4 Å². The van der Waals surface area contributed by atoms with Crippen LogP contribution < -0.4 is 5.32 Å². The highest BCUT2D eigenvalue weighted by Crippen LogP contribution is 2.35. The number of fused-ring (bicyclic) bond motifs is 2. The van der Waals surface area contributed by atoms with Crippen molar-refractivity contribution in [3.05, 3.63) is 70.4 Å². The van der Waals surface area contributed by atoms with Gasteiger partial charge >= 0.3 is 11.9 Å². The molecular weight excluding hydrogens is 418 g/mol. The monoisotopic (exact) mass is 442 g/mol. The minimum Gasteiger partial charge on any atom is -0.469 e. The molecule has 0 fully saturated rings. The summed E-state index contributed by atoms with van der Waals surface area (Å²) in [6, 6.07) is 7.08. The quantitative estimate of drug-likeness (QED) is 0.581. The number of nitrogens with one attached hydrogen (secondary N) is 1. The summed E-state index contributed by atoms with van der Waals surface area (Å²) in [6.07, 6.45) is 2.15. The molecule has 0 amide bonds. The van der Waals surface area contributed by atoms with Gasteiger partial charge in [-0.2, -0.15) is 0 Å². The van der Waals surface area contributed by atoms with Crippen molar-refractivity contribution in [3.8, 4) is 0 Å². The molecule has 6 nitrogen and oxygen atoms in total. The summed E-state index contributed by atoms with van der Waals surface area (Å²) in [4.78, 5) is 27.2. The van der Waals surface area contributed by atoms with Crippen molar-refractivity contribution in [1.82, 2.24) is 4.98 Å². The van der Waals surface area contributed by atoms with Gasteiger partial charge in [0.05, 0.1) is 31.2 Å². The van der Waals surface area contributed by atoms with Crippen LogP contribution in [0.15, 0.2) is 36.5 Å². The average Bonchev–Trinajstić information content (AvgIpc) is 2.77. The van der Waals surface area contributed by atoms with Crippen molar-refractivity contribution in [2.45, 2.75) is 26.2 Å². The number of carbonyl (C=O) groups is 2. The van der Waals surface area contributed by atoms with Gasteiger partial charge in [0.15, 0.2) is 0 Å². The molecule has 1 aliphatic heterocycles. The zero-order chi connectivity index (χ0) is 23.4. The van der Waals surface area contributed by atoms with E-state index in [0.29, 0.717) is 40.6 Å². The minimum atomic E-state index is -0.489. The first-order valence-electron chi connectivity index (χ1n) is 10.0. The van der Waals surface area contributed by atoms with Crippen molar-refractivity contribution < 1.29 is 27.8 Å². The Morgan fingerprint density at radius 2 is 1.72 bits per heavy atom. The molecule has 0 aliphatic carbocycles. The SMILES string of the molecule is COC(=O)C1CCNc2c(C)cc(F)cc21.COC(=O)c1ccnc2c(C)cc(F)cc12. The van der Waals surface area contributed by atoms with Crippen molar-refractivity contribution >= 4 is 28.5 Å². The van der Waals surface area contributed by atoms with E-state index in [1.54, 1.807) is 6.92 Å². The summed E-state index contributed by atoms with van der Waals surface area (Å²) in [6.45, 7) is 4.29. The molecule has 2 heterocycles. The van der Waals surface area contributed by atoms with E-state index in [1.807, 2.05) is 6.92 Å². The number of aromatic nitrogens is 1. The second-order valence-corrected chi connectivity index (χ2v) is 7.45. The first-order valence-corrected chi connectivity index (χ1v) is 10.0. The molecule has 32 heavy (non-hydrogen) atoms. The summed E-state index contributed by atoms with van der Waals surface area (Å²) in [5.41, 5.74) is 4.03. The van der Waals surface area contributed by atoms with E-state index in [-0.39, 0.29) is 23.5 Å². The predicted molar refractivity (Wildman–Crippen MR) is 117 cm³/mol. The van der Waals surface area contributed by atoms with Gasteiger partial charge in [0.2, 0.25) is 0 Å². The van der Waals surface area contributed by atoms with E-state index >= 15 is 0 Å². The smallest absolute Gasteiger partial charge is 0.338 e. The molecule has 0 saturated carbocycles. The number of ether oxygens (including phenoxy) is 2. The Kier molecular flexibility index (Phi) is 7.02. The highest BCUT2D eigenvalue weighted by atomic mass is 19.1. The van der Waals surface area contributed by atoms with E-state index in [0.717, 1.165) is 11.3 Å². The zero-order valence-electron chi connectivity index (χ0n) is 18.3. The molecular formula is C24H24F2N2O4. The topological polar surface area (TPSA) is 77.5 Å². The highest BCUT2D eigenvalue weighted by Gasteiger charge is 2.28. The number of rotatable bonds is 2. The Morgan fingerprint density at radius 3 is 2.41 bits per heavy atom. The third-order valence-corrected chi connectivity index (χ3v) is 5.33. The number of esters is 2. The van der Waals surface area contributed by atoms with E-state index in [9.17, 15) is 18.4 Å². The second kappa shape index (κ2) is 9.72. The lowest BCUT2D eigenvalue weighted by Crippen LogP contribution is -2.24. The van der Waals surface area contributed by atoms with Gasteiger partial charge in [0.25, 0.3) is 0 Å². The lowest BCUT2D eigenvalue weighted by atomic mass is 9.89. The van der Waals surface area contributed by atoms with Gasteiger partial charge in [-0.15, -0.1) is 0 Å². The molecule has 0 spiro atoms. The molecule has 3 aromatic rings. The number of hydrogen-bond donors (Lipinski definition) is 1. The fourth-order valence-electron chi connectivity index (χ4n) is 3.85. The summed E-state index contributed by atoms with van der Waals surface area (Å²) < 4.78 is 36.0. The molecule has 1 aliphatic rings.